The molecule has 0 spiro atoms. The average Bonchev–Trinajstić information content (AvgIpc) is 0.868. The topological polar surface area (TPSA) is 397 Å². The zero-order valence-electron chi connectivity index (χ0n) is 63.0. The number of methoxy groups -OCH3 is 3. The van der Waals surface area contributed by atoms with Crippen LogP contribution in [0.3, 0.4) is 0 Å². The Morgan fingerprint density at radius 2 is 0.575 bits per heavy atom. The van der Waals surface area contributed by atoms with Crippen molar-refractivity contribution in [1.29, 1.82) is 0 Å². The Bertz CT molecular complexity index is 4030. The summed E-state index contributed by atoms with van der Waals surface area (Å²) in [6.07, 6.45) is 13.7. The molecule has 8 N–H and O–H groups in total. The van der Waals surface area contributed by atoms with Crippen molar-refractivity contribution in [2.75, 3.05) is 38.5 Å². The first kappa shape index (κ1) is 84.5. The smallest absolute Gasteiger partial charge is 0.496 e. The summed E-state index contributed by atoms with van der Waals surface area (Å²) in [5.41, 5.74) is 43.4. The van der Waals surface area contributed by atoms with Gasteiger partial charge in [-0.2, -0.15) is 0 Å². The van der Waals surface area contributed by atoms with Gasteiger partial charge in [0, 0.05) is 154 Å². The summed E-state index contributed by atoms with van der Waals surface area (Å²) in [4.78, 5) is 14.1. The van der Waals surface area contributed by atoms with E-state index in [1.165, 1.54) is 5.56 Å². The Labute approximate surface area is 637 Å². The van der Waals surface area contributed by atoms with Gasteiger partial charge in [-0.05, 0) is 108 Å². The van der Waals surface area contributed by atoms with Gasteiger partial charge in [-0.1, -0.05) is 129 Å². The van der Waals surface area contributed by atoms with E-state index >= 15 is 0 Å². The largest absolute Gasteiger partial charge is 2.00 e. The SMILES string of the molecule is COc1c2cc(N)cc1Cc1cc(C(C)(C)C)cc(c1OCc1nccn1C)Cc1cc(N)cc(c1OC)Cc1cc(C(C)(C)C)cc(c1OCc1nccn1C)Cc1cc(N)cc(c1OC)Cc1cc(C(C)(C)C)cc(c1OCc1nccn1C)C2.NCc1ccccc1.[O-][Cl+3]([O-])([O-])[O-].[O-][Cl+3]([O-])([O-])[O-].[Zn+2]. The third kappa shape index (κ3) is 23.4. The molecular weight excluding hydrogens is 1450 g/mol. The van der Waals surface area contributed by atoms with E-state index in [1.807, 2.05) is 120 Å². The summed E-state index contributed by atoms with van der Waals surface area (Å²) in [5.74, 6) is 6.71. The molecule has 0 aliphatic heterocycles. The third-order valence-electron chi connectivity index (χ3n) is 17.9. The molecule has 24 nitrogen and oxygen atoms in total. The first-order valence-corrected chi connectivity index (χ1v) is 36.3. The van der Waals surface area contributed by atoms with Gasteiger partial charge >= 0.3 is 19.5 Å². The maximum atomic E-state index is 8.49. The number of rotatable bonds is 13. The molecule has 0 atom stereocenters. The van der Waals surface area contributed by atoms with Crippen LogP contribution in [0.2, 0.25) is 0 Å². The number of aryl methyl sites for hydroxylation is 3. The third-order valence-corrected chi connectivity index (χ3v) is 17.9. The van der Waals surface area contributed by atoms with E-state index in [1.54, 1.807) is 39.9 Å². The van der Waals surface area contributed by atoms with E-state index in [-0.39, 0.29) is 55.5 Å². The van der Waals surface area contributed by atoms with E-state index in [4.69, 9.17) is 104 Å². The number of nitrogens with zero attached hydrogens (tertiary/aromatic N) is 6. The predicted molar refractivity (Wildman–Crippen MR) is 381 cm³/mol. The van der Waals surface area contributed by atoms with Crippen molar-refractivity contribution < 1.29 is 106 Å². The van der Waals surface area contributed by atoms with Gasteiger partial charge in [0.15, 0.2) is 0 Å². The van der Waals surface area contributed by atoms with Crippen LogP contribution in [-0.2, 0) is 122 Å². The van der Waals surface area contributed by atoms with Crippen molar-refractivity contribution in [2.45, 2.75) is 143 Å². The van der Waals surface area contributed by atoms with E-state index in [0.717, 1.165) is 135 Å². The van der Waals surface area contributed by atoms with Gasteiger partial charge in [-0.25, -0.2) is 52.2 Å². The molecule has 106 heavy (non-hydrogen) atoms. The van der Waals surface area contributed by atoms with E-state index < -0.39 is 20.5 Å². The summed E-state index contributed by atoms with van der Waals surface area (Å²) in [6, 6.07) is 35.8. The van der Waals surface area contributed by atoms with Gasteiger partial charge in [0.1, 0.15) is 71.8 Å². The molecule has 27 heteroatoms. The second-order valence-corrected chi connectivity index (χ2v) is 30.5. The Hall–Kier alpha value is -8.79. The molecule has 0 saturated heterocycles. The van der Waals surface area contributed by atoms with E-state index in [0.29, 0.717) is 62.1 Å². The molecule has 7 aromatic carbocycles. The number of benzene rings is 7. The van der Waals surface area contributed by atoms with Crippen molar-refractivity contribution in [3.05, 3.63) is 247 Å². The van der Waals surface area contributed by atoms with Crippen molar-refractivity contribution in [1.82, 2.24) is 28.7 Å². The monoisotopic (exact) mass is 1540 g/mol. The van der Waals surface area contributed by atoms with Crippen LogP contribution < -0.4 is 88.6 Å². The Morgan fingerprint density at radius 3 is 0.736 bits per heavy atom. The molecule has 1 aliphatic carbocycles. The van der Waals surface area contributed by atoms with Gasteiger partial charge in [0.25, 0.3) is 0 Å². The minimum Gasteiger partial charge on any atom is -0.496 e. The van der Waals surface area contributed by atoms with Gasteiger partial charge in [0.2, 0.25) is 0 Å². The predicted octanol–water partition coefficient (Wildman–Crippen LogP) is 4.78. The molecule has 0 saturated carbocycles. The first-order valence-electron chi connectivity index (χ1n) is 33.8. The minimum atomic E-state index is -4.94. The van der Waals surface area contributed by atoms with Crippen LogP contribution in [0, 0.1) is 20.5 Å². The second kappa shape index (κ2) is 35.7. The van der Waals surface area contributed by atoms with Gasteiger partial charge in [0.05, 0.1) is 21.3 Å². The zero-order valence-corrected chi connectivity index (χ0v) is 67.5. The number of imidazole rings is 3. The van der Waals surface area contributed by atoms with Gasteiger partial charge < -0.3 is 65.1 Å². The fourth-order valence-electron chi connectivity index (χ4n) is 12.7. The minimum absolute atomic E-state index is 0. The molecule has 3 heterocycles. The summed E-state index contributed by atoms with van der Waals surface area (Å²) < 4.78 is 115. The van der Waals surface area contributed by atoms with Crippen LogP contribution in [0.25, 0.3) is 0 Å². The number of anilines is 3. The molecule has 3 aromatic heterocycles. The fourth-order valence-corrected chi connectivity index (χ4v) is 12.7. The van der Waals surface area contributed by atoms with E-state index in [9.17, 15) is 0 Å². The Balaban J connectivity index is 0.000000730. The van der Waals surface area contributed by atoms with Crippen molar-refractivity contribution in [2.24, 2.45) is 26.9 Å². The fraction of sp³-hybridized carbons (Fsp3) is 0.354. The molecule has 11 rings (SSSR count). The number of aromatic nitrogens is 6. The van der Waals surface area contributed by atoms with Gasteiger partial charge in [-0.3, -0.25) is 0 Å². The molecule has 0 unspecified atom stereocenters. The van der Waals surface area contributed by atoms with Crippen molar-refractivity contribution in [3.63, 3.8) is 0 Å². The summed E-state index contributed by atoms with van der Waals surface area (Å²) in [6.45, 7) is 21.5. The normalized spacial score (nSPS) is 12.5. The molecule has 1 aliphatic rings. The molecule has 0 fully saturated rings. The first-order chi connectivity index (χ1) is 49.2. The summed E-state index contributed by atoms with van der Waals surface area (Å²) in [5, 5.41) is 0. The number of hydrogen-bond acceptors (Lipinski definition) is 21. The maximum absolute atomic E-state index is 8.49. The van der Waals surface area contributed by atoms with Crippen LogP contribution in [0.1, 0.15) is 169 Å². The van der Waals surface area contributed by atoms with Crippen LogP contribution in [0.5, 0.6) is 34.5 Å². The quantitative estimate of drug-likeness (QED) is 0.0891. The number of hydrogen-bond donors (Lipinski definition) is 4. The Morgan fingerprint density at radius 1 is 0.368 bits per heavy atom. The molecule has 12 bridgehead atoms. The number of nitrogens with two attached hydrogens (primary N) is 4. The second-order valence-electron chi connectivity index (χ2n) is 29.0. The van der Waals surface area contributed by atoms with E-state index in [2.05, 4.69) is 98.7 Å². The molecule has 10 aromatic rings. The molecular formula is C79H96Cl2N10O14Zn. The average molecular weight is 1550 g/mol. The van der Waals surface area contributed by atoms with Crippen LogP contribution in [0.4, 0.5) is 17.1 Å². The molecule has 0 radical (unpaired) electrons. The summed E-state index contributed by atoms with van der Waals surface area (Å²) in [7, 11) is 1.27. The number of halogens is 2. The van der Waals surface area contributed by atoms with Crippen LogP contribution in [-0.4, -0.2) is 50.0 Å². The van der Waals surface area contributed by atoms with Gasteiger partial charge in [-0.15, -0.1) is 20.5 Å². The standard InChI is InChI=1S/C72H87N9O6.C7H9N.2ClHO4.Zn/c1-70(2,3)55-28-43-22-49-34-58(73)36-51(64(49)82-13)24-45-30-56(71(4,5)6)32-47(68(45)86-41-62-77-17-20-80(62)11)26-53-38-60(75)39-54(66(53)84-15)27-48-33-57(72(7,8)9)31-46(69(48)87-42-63-78-18-21-81(63)12)25-52-37-59(74)35-50(65(52)83-14)23-44(29-55)67(43)85-40-61-76-16-19-79(61)10;8-6-7-4-2-1-3-5-7;2*2-1(3,4)5;/h16-21,28-39H,22-27,40-42,73-75H2,1-15H3;1-5H,6,8H2;2*(H,2,3,4,5);/q;;;;+2/p-2. The maximum Gasteiger partial charge on any atom is 2.00 e. The Kier molecular flexibility index (Phi) is 28.5. The van der Waals surface area contributed by atoms with Crippen molar-refractivity contribution in [3.8, 4) is 34.5 Å². The summed E-state index contributed by atoms with van der Waals surface area (Å²) >= 11 is 0. The molecule has 562 valence electrons. The number of ether oxygens (including phenoxy) is 6. The van der Waals surface area contributed by atoms with Crippen molar-refractivity contribution >= 4 is 17.1 Å². The number of fused-ring (bicyclic) bond motifs is 12. The van der Waals surface area contributed by atoms with Crippen LogP contribution in [0.15, 0.2) is 140 Å². The molecule has 0 amide bonds. The van der Waals surface area contributed by atoms with Crippen LogP contribution >= 0.6 is 0 Å². The number of nitrogen functional groups attached to an aromatic ring is 3. The zero-order chi connectivity index (χ0) is 77.1.